The van der Waals surface area contributed by atoms with E-state index >= 15 is 0 Å². The van der Waals surface area contributed by atoms with Crippen molar-refractivity contribution < 1.29 is 24.2 Å². The van der Waals surface area contributed by atoms with Crippen LogP contribution in [0.2, 0.25) is 0 Å². The lowest BCUT2D eigenvalue weighted by molar-refractivity contribution is -0.144. The third-order valence-electron chi connectivity index (χ3n) is 3.81. The van der Waals surface area contributed by atoms with Gasteiger partial charge in [0.25, 0.3) is 5.91 Å². The molecule has 0 radical (unpaired) electrons. The number of nitrogens with zero attached hydrogens (tertiary/aromatic N) is 1. The van der Waals surface area contributed by atoms with Gasteiger partial charge in [-0.15, -0.1) is 0 Å². The number of benzene rings is 2. The SMILES string of the molecule is COc1ccc(N=C2NC(=O)/C(=C\c3ccccc3OC(C)C(=O)O)S2)cc1. The van der Waals surface area contributed by atoms with Crippen molar-refractivity contribution in [3.8, 4) is 11.5 Å². The van der Waals surface area contributed by atoms with Crippen LogP contribution in [0.5, 0.6) is 11.5 Å². The minimum Gasteiger partial charge on any atom is -0.497 e. The van der Waals surface area contributed by atoms with Gasteiger partial charge in [0.05, 0.1) is 17.7 Å². The molecule has 8 heteroatoms. The van der Waals surface area contributed by atoms with Crippen molar-refractivity contribution in [1.29, 1.82) is 0 Å². The Morgan fingerprint density at radius 3 is 2.61 bits per heavy atom. The molecule has 1 saturated heterocycles. The zero-order chi connectivity index (χ0) is 20.1. The van der Waals surface area contributed by atoms with Gasteiger partial charge in [-0.25, -0.2) is 9.79 Å². The van der Waals surface area contributed by atoms with E-state index in [1.54, 1.807) is 61.7 Å². The molecule has 7 nitrogen and oxygen atoms in total. The standard InChI is InChI=1S/C20H18N2O5S/c1-12(19(24)25)27-16-6-4-3-5-13(16)11-17-18(23)22-20(28-17)21-14-7-9-15(26-2)10-8-14/h3-12H,1-2H3,(H,24,25)(H,21,22,23)/b17-11+. The van der Waals surface area contributed by atoms with Crippen molar-refractivity contribution in [3.63, 3.8) is 0 Å². The van der Waals surface area contributed by atoms with Gasteiger partial charge in [0.1, 0.15) is 11.5 Å². The molecule has 0 saturated carbocycles. The third kappa shape index (κ3) is 4.72. The summed E-state index contributed by atoms with van der Waals surface area (Å²) in [5.74, 6) is -0.235. The smallest absolute Gasteiger partial charge is 0.344 e. The molecular weight excluding hydrogens is 380 g/mol. The minimum atomic E-state index is -1.07. The zero-order valence-corrected chi connectivity index (χ0v) is 16.0. The lowest BCUT2D eigenvalue weighted by Crippen LogP contribution is -2.23. The molecule has 2 aromatic carbocycles. The Balaban J connectivity index is 1.81. The van der Waals surface area contributed by atoms with E-state index in [1.165, 1.54) is 18.7 Å². The first-order valence-corrected chi connectivity index (χ1v) is 9.20. The molecule has 3 rings (SSSR count). The summed E-state index contributed by atoms with van der Waals surface area (Å²) >= 11 is 1.20. The van der Waals surface area contributed by atoms with Crippen molar-refractivity contribution in [1.82, 2.24) is 5.32 Å². The number of amides is 1. The molecule has 1 aliphatic heterocycles. The molecule has 2 N–H and O–H groups in total. The number of hydrogen-bond acceptors (Lipinski definition) is 6. The molecule has 1 amide bonds. The van der Waals surface area contributed by atoms with Crippen LogP contribution in [0.1, 0.15) is 12.5 Å². The van der Waals surface area contributed by atoms with Gasteiger partial charge in [-0.2, -0.15) is 0 Å². The van der Waals surface area contributed by atoms with Crippen molar-refractivity contribution >= 4 is 40.6 Å². The lowest BCUT2D eigenvalue weighted by atomic mass is 10.2. The van der Waals surface area contributed by atoms with E-state index < -0.39 is 12.1 Å². The number of rotatable bonds is 6. The Bertz CT molecular complexity index is 953. The van der Waals surface area contributed by atoms with Crippen LogP contribution in [0, 0.1) is 0 Å². The van der Waals surface area contributed by atoms with E-state index in [1.807, 2.05) is 0 Å². The maximum atomic E-state index is 12.3. The van der Waals surface area contributed by atoms with Crippen molar-refractivity contribution in [2.45, 2.75) is 13.0 Å². The van der Waals surface area contributed by atoms with E-state index in [0.29, 0.717) is 27.1 Å². The predicted molar refractivity (Wildman–Crippen MR) is 108 cm³/mol. The number of aliphatic carboxylic acids is 1. The molecule has 1 fully saturated rings. The van der Waals surface area contributed by atoms with Crippen molar-refractivity contribution in [3.05, 3.63) is 59.0 Å². The fourth-order valence-corrected chi connectivity index (χ4v) is 3.18. The second kappa shape index (κ2) is 8.62. The summed E-state index contributed by atoms with van der Waals surface area (Å²) in [5, 5.41) is 12.2. The summed E-state index contributed by atoms with van der Waals surface area (Å²) in [6, 6.07) is 14.1. The minimum absolute atomic E-state index is 0.279. The number of carboxylic acids is 1. The molecule has 1 heterocycles. The average molecular weight is 398 g/mol. The number of para-hydroxylation sites is 1. The largest absolute Gasteiger partial charge is 0.497 e. The van der Waals surface area contributed by atoms with Gasteiger partial charge in [0, 0.05) is 5.56 Å². The molecular formula is C20H18N2O5S. The molecule has 144 valence electrons. The summed E-state index contributed by atoms with van der Waals surface area (Å²) in [6.45, 7) is 1.45. The maximum absolute atomic E-state index is 12.3. The van der Waals surface area contributed by atoms with Gasteiger partial charge in [-0.3, -0.25) is 4.79 Å². The molecule has 0 bridgehead atoms. The lowest BCUT2D eigenvalue weighted by Gasteiger charge is -2.12. The highest BCUT2D eigenvalue weighted by molar-refractivity contribution is 8.18. The summed E-state index contributed by atoms with van der Waals surface area (Å²) in [4.78, 5) is 28.2. The second-order valence-electron chi connectivity index (χ2n) is 5.82. The summed E-state index contributed by atoms with van der Waals surface area (Å²) in [7, 11) is 1.59. The van der Waals surface area contributed by atoms with E-state index in [-0.39, 0.29) is 5.91 Å². The topological polar surface area (TPSA) is 97.2 Å². The third-order valence-corrected chi connectivity index (χ3v) is 4.72. The van der Waals surface area contributed by atoms with E-state index in [9.17, 15) is 9.59 Å². The fraction of sp³-hybridized carbons (Fsp3) is 0.150. The van der Waals surface area contributed by atoms with Crippen LogP contribution in [-0.4, -0.2) is 35.4 Å². The van der Waals surface area contributed by atoms with Crippen LogP contribution in [-0.2, 0) is 9.59 Å². The molecule has 0 aromatic heterocycles. The molecule has 1 unspecified atom stereocenters. The number of hydrogen-bond donors (Lipinski definition) is 2. The Kier molecular flexibility index (Phi) is 6.00. The fourth-order valence-electron chi connectivity index (χ4n) is 2.34. The zero-order valence-electron chi connectivity index (χ0n) is 15.2. The van der Waals surface area contributed by atoms with E-state index in [0.717, 1.165) is 5.75 Å². The van der Waals surface area contributed by atoms with E-state index in [4.69, 9.17) is 14.6 Å². The highest BCUT2D eigenvalue weighted by Gasteiger charge is 2.24. The summed E-state index contributed by atoms with van der Waals surface area (Å²) in [6.07, 6.45) is 0.650. The molecule has 0 spiro atoms. The van der Waals surface area contributed by atoms with Crippen molar-refractivity contribution in [2.75, 3.05) is 7.11 Å². The van der Waals surface area contributed by atoms with Gasteiger partial charge in [-0.1, -0.05) is 18.2 Å². The normalized spacial score (nSPS) is 17.4. The molecule has 2 aromatic rings. The molecule has 28 heavy (non-hydrogen) atoms. The number of amidine groups is 1. The van der Waals surface area contributed by atoms with Gasteiger partial charge in [0.2, 0.25) is 0 Å². The Morgan fingerprint density at radius 2 is 1.93 bits per heavy atom. The highest BCUT2D eigenvalue weighted by atomic mass is 32.2. The van der Waals surface area contributed by atoms with E-state index in [2.05, 4.69) is 10.3 Å². The number of thioether (sulfide) groups is 1. The van der Waals surface area contributed by atoms with Crippen LogP contribution >= 0.6 is 11.8 Å². The first-order valence-electron chi connectivity index (χ1n) is 8.38. The second-order valence-corrected chi connectivity index (χ2v) is 6.85. The van der Waals surface area contributed by atoms with Gasteiger partial charge < -0.3 is 19.9 Å². The molecule has 1 atom stereocenters. The predicted octanol–water partition coefficient (Wildman–Crippen LogP) is 3.44. The average Bonchev–Trinajstić information content (AvgIpc) is 3.02. The maximum Gasteiger partial charge on any atom is 0.344 e. The number of nitrogens with one attached hydrogen (secondary N) is 1. The number of carbonyl (C=O) groups is 2. The Labute approximate surface area is 166 Å². The van der Waals surface area contributed by atoms with Crippen LogP contribution in [0.25, 0.3) is 6.08 Å². The number of aliphatic imine (C=N–C) groups is 1. The number of carboxylic acid groups (broad SMARTS) is 1. The monoisotopic (exact) mass is 398 g/mol. The number of methoxy groups -OCH3 is 1. The van der Waals surface area contributed by atoms with Crippen molar-refractivity contribution in [2.24, 2.45) is 4.99 Å². The Hall–Kier alpha value is -3.26. The van der Waals surface area contributed by atoms with Gasteiger partial charge in [0.15, 0.2) is 11.3 Å². The quantitative estimate of drug-likeness (QED) is 0.724. The number of carbonyl (C=O) groups excluding carboxylic acids is 1. The van der Waals surface area contributed by atoms with Crippen LogP contribution < -0.4 is 14.8 Å². The molecule has 1 aliphatic rings. The number of ether oxygens (including phenoxy) is 2. The summed E-state index contributed by atoms with van der Waals surface area (Å²) in [5.41, 5.74) is 1.29. The first-order chi connectivity index (χ1) is 13.5. The summed E-state index contributed by atoms with van der Waals surface area (Å²) < 4.78 is 10.6. The van der Waals surface area contributed by atoms with Crippen LogP contribution in [0.15, 0.2) is 58.4 Å². The first kappa shape index (κ1) is 19.5. The van der Waals surface area contributed by atoms with Gasteiger partial charge in [-0.05, 0) is 55.1 Å². The highest BCUT2D eigenvalue weighted by Crippen LogP contribution is 2.31. The molecule has 0 aliphatic carbocycles. The van der Waals surface area contributed by atoms with Crippen LogP contribution in [0.4, 0.5) is 5.69 Å². The van der Waals surface area contributed by atoms with Gasteiger partial charge >= 0.3 is 5.97 Å². The Morgan fingerprint density at radius 1 is 1.21 bits per heavy atom. The van der Waals surface area contributed by atoms with Crippen LogP contribution in [0.3, 0.4) is 0 Å².